The zero-order valence-electron chi connectivity index (χ0n) is 13.4. The average Bonchev–Trinajstić information content (AvgIpc) is 2.59. The van der Waals surface area contributed by atoms with Crippen LogP contribution in [0.3, 0.4) is 0 Å². The van der Waals surface area contributed by atoms with Crippen LogP contribution in [0.5, 0.6) is 0 Å². The summed E-state index contributed by atoms with van der Waals surface area (Å²) in [5.74, 6) is -8.26. The average molecular weight is 390 g/mol. The topological polar surface area (TPSA) is 75.3 Å². The van der Waals surface area contributed by atoms with Gasteiger partial charge in [0.2, 0.25) is 5.91 Å². The molecule has 0 spiro atoms. The maximum atomic E-state index is 13.4. The van der Waals surface area contributed by atoms with Gasteiger partial charge in [0, 0.05) is 12.5 Å². The molecule has 2 aromatic rings. The molecule has 26 heavy (non-hydrogen) atoms. The number of rotatable bonds is 6. The molecule has 0 aliphatic rings. The van der Waals surface area contributed by atoms with E-state index < -0.39 is 56.9 Å². The van der Waals surface area contributed by atoms with Gasteiger partial charge in [0.1, 0.15) is 5.69 Å². The molecule has 0 aliphatic heterocycles. The molecule has 2 N–H and O–H groups in total. The number of sulfone groups is 1. The summed E-state index contributed by atoms with van der Waals surface area (Å²) in [7, 11) is -3.74. The molecule has 0 unspecified atom stereocenters. The van der Waals surface area contributed by atoms with E-state index in [2.05, 4.69) is 0 Å². The van der Waals surface area contributed by atoms with Crippen molar-refractivity contribution >= 4 is 21.4 Å². The number of carbonyl (C=O) groups is 1. The standard InChI is InChI=1S/C16H14F4N2O3S/c1-9-2-4-10(5-3-9)26(24,25)7-6-13(23)21-22-16-14(19)11(17)8-12(18)15(16)20/h2-5,8,22H,6-7H2,1H3,(H,21,23). The first kappa shape index (κ1) is 19.7. The van der Waals surface area contributed by atoms with Crippen molar-refractivity contribution < 1.29 is 30.8 Å². The van der Waals surface area contributed by atoms with E-state index in [9.17, 15) is 30.8 Å². The third-order valence-electron chi connectivity index (χ3n) is 3.42. The van der Waals surface area contributed by atoms with Crippen molar-refractivity contribution in [3.63, 3.8) is 0 Å². The number of anilines is 1. The molecule has 5 nitrogen and oxygen atoms in total. The second-order valence-corrected chi connectivity index (χ2v) is 7.51. The van der Waals surface area contributed by atoms with E-state index in [0.717, 1.165) is 5.56 Å². The smallest absolute Gasteiger partial charge is 0.239 e. The lowest BCUT2D eigenvalue weighted by Gasteiger charge is -2.11. The second kappa shape index (κ2) is 7.73. The molecule has 0 heterocycles. The van der Waals surface area contributed by atoms with Gasteiger partial charge in [-0.05, 0) is 19.1 Å². The minimum absolute atomic E-state index is 0.0197. The lowest BCUT2D eigenvalue weighted by molar-refractivity contribution is -0.120. The van der Waals surface area contributed by atoms with E-state index in [1.807, 2.05) is 0 Å². The van der Waals surface area contributed by atoms with Gasteiger partial charge in [0.05, 0.1) is 10.6 Å². The first-order valence-electron chi connectivity index (χ1n) is 7.29. The molecule has 0 saturated heterocycles. The zero-order valence-corrected chi connectivity index (χ0v) is 14.3. The molecular formula is C16H14F4N2O3S. The minimum atomic E-state index is -3.74. The Morgan fingerprint density at radius 3 is 2.08 bits per heavy atom. The fourth-order valence-corrected chi connectivity index (χ4v) is 3.21. The molecule has 10 heteroatoms. The first-order valence-corrected chi connectivity index (χ1v) is 8.94. The molecular weight excluding hydrogens is 376 g/mol. The Hall–Kier alpha value is -2.62. The summed E-state index contributed by atoms with van der Waals surface area (Å²) >= 11 is 0. The van der Waals surface area contributed by atoms with E-state index in [4.69, 9.17) is 0 Å². The third-order valence-corrected chi connectivity index (χ3v) is 5.15. The van der Waals surface area contributed by atoms with Crippen molar-refractivity contribution in [3.8, 4) is 0 Å². The maximum Gasteiger partial charge on any atom is 0.239 e. The van der Waals surface area contributed by atoms with E-state index in [-0.39, 0.29) is 11.0 Å². The SMILES string of the molecule is Cc1ccc(S(=O)(=O)CCC(=O)NNc2c(F)c(F)cc(F)c2F)cc1. The highest BCUT2D eigenvalue weighted by Crippen LogP contribution is 2.23. The number of hydrogen-bond acceptors (Lipinski definition) is 4. The third kappa shape index (κ3) is 4.51. The normalized spacial score (nSPS) is 11.3. The number of amides is 1. The number of hydrazine groups is 1. The van der Waals surface area contributed by atoms with Gasteiger partial charge in [0.15, 0.2) is 33.1 Å². The number of nitrogens with one attached hydrogen (secondary N) is 2. The molecule has 0 saturated carbocycles. The Balaban J connectivity index is 1.99. The highest BCUT2D eigenvalue weighted by molar-refractivity contribution is 7.91. The van der Waals surface area contributed by atoms with Crippen LogP contribution in [0.1, 0.15) is 12.0 Å². The van der Waals surface area contributed by atoms with E-state index in [1.165, 1.54) is 12.1 Å². The predicted octanol–water partition coefficient (Wildman–Crippen LogP) is 2.86. The fourth-order valence-electron chi connectivity index (χ4n) is 1.97. The largest absolute Gasteiger partial charge is 0.293 e. The summed E-state index contributed by atoms with van der Waals surface area (Å²) in [5.41, 5.74) is 3.16. The fraction of sp³-hybridized carbons (Fsp3) is 0.188. The van der Waals surface area contributed by atoms with Gasteiger partial charge in [-0.15, -0.1) is 0 Å². The van der Waals surface area contributed by atoms with Crippen molar-refractivity contribution in [2.45, 2.75) is 18.2 Å². The number of benzene rings is 2. The lowest BCUT2D eigenvalue weighted by atomic mass is 10.2. The molecule has 140 valence electrons. The van der Waals surface area contributed by atoms with Crippen molar-refractivity contribution in [2.75, 3.05) is 11.2 Å². The molecule has 1 amide bonds. The number of carbonyl (C=O) groups excluding carboxylic acids is 1. The van der Waals surface area contributed by atoms with Gasteiger partial charge in [-0.3, -0.25) is 15.6 Å². The Kier molecular flexibility index (Phi) is 5.86. The van der Waals surface area contributed by atoms with Crippen LogP contribution in [0.4, 0.5) is 23.2 Å². The molecule has 0 aromatic heterocycles. The van der Waals surface area contributed by atoms with Crippen molar-refractivity contribution in [1.82, 2.24) is 5.43 Å². The van der Waals surface area contributed by atoms with Gasteiger partial charge in [-0.2, -0.15) is 0 Å². The van der Waals surface area contributed by atoms with E-state index in [0.29, 0.717) is 0 Å². The summed E-state index contributed by atoms with van der Waals surface area (Å²) in [4.78, 5) is 11.7. The quantitative estimate of drug-likeness (QED) is 0.452. The molecule has 0 atom stereocenters. The van der Waals surface area contributed by atoms with Gasteiger partial charge in [-0.1, -0.05) is 17.7 Å². The highest BCUT2D eigenvalue weighted by atomic mass is 32.2. The minimum Gasteiger partial charge on any atom is -0.293 e. The van der Waals surface area contributed by atoms with E-state index in [1.54, 1.807) is 29.9 Å². The molecule has 2 rings (SSSR count). The molecule has 0 aliphatic carbocycles. The molecule has 0 fully saturated rings. The van der Waals surface area contributed by atoms with Crippen LogP contribution >= 0.6 is 0 Å². The van der Waals surface area contributed by atoms with Gasteiger partial charge >= 0.3 is 0 Å². The van der Waals surface area contributed by atoms with Crippen LogP contribution in [0.25, 0.3) is 0 Å². The Morgan fingerprint density at radius 1 is 1.00 bits per heavy atom. The summed E-state index contributed by atoms with van der Waals surface area (Å²) in [5, 5.41) is 0. The maximum absolute atomic E-state index is 13.4. The Morgan fingerprint density at radius 2 is 1.54 bits per heavy atom. The van der Waals surface area contributed by atoms with Gasteiger partial charge in [-0.25, -0.2) is 26.0 Å². The first-order chi connectivity index (χ1) is 12.1. The Labute approximate surface area is 146 Å². The summed E-state index contributed by atoms with van der Waals surface area (Å²) in [6.45, 7) is 1.78. The zero-order chi connectivity index (χ0) is 19.5. The summed E-state index contributed by atoms with van der Waals surface area (Å²) in [6.07, 6.45) is -0.537. The Bertz CT molecular complexity index is 905. The molecule has 2 aromatic carbocycles. The molecule has 0 radical (unpaired) electrons. The predicted molar refractivity (Wildman–Crippen MR) is 85.9 cm³/mol. The number of aryl methyl sites for hydroxylation is 1. The summed E-state index contributed by atoms with van der Waals surface area (Å²) in [6, 6.07) is 5.99. The highest BCUT2D eigenvalue weighted by Gasteiger charge is 2.20. The summed E-state index contributed by atoms with van der Waals surface area (Å²) < 4.78 is 77.2. The number of halogens is 4. The van der Waals surface area contributed by atoms with Crippen molar-refractivity contribution in [1.29, 1.82) is 0 Å². The van der Waals surface area contributed by atoms with Crippen LogP contribution < -0.4 is 10.9 Å². The van der Waals surface area contributed by atoms with Crippen molar-refractivity contribution in [3.05, 3.63) is 59.2 Å². The van der Waals surface area contributed by atoms with E-state index >= 15 is 0 Å². The van der Waals surface area contributed by atoms with Gasteiger partial charge in [0.25, 0.3) is 0 Å². The van der Waals surface area contributed by atoms with Crippen LogP contribution in [-0.2, 0) is 14.6 Å². The van der Waals surface area contributed by atoms with Crippen LogP contribution in [0, 0.1) is 30.2 Å². The van der Waals surface area contributed by atoms with Crippen LogP contribution in [0.2, 0.25) is 0 Å². The second-order valence-electron chi connectivity index (χ2n) is 5.40. The van der Waals surface area contributed by atoms with Crippen molar-refractivity contribution in [2.24, 2.45) is 0 Å². The lowest BCUT2D eigenvalue weighted by Crippen LogP contribution is -2.32. The monoisotopic (exact) mass is 390 g/mol. The number of hydrogen-bond donors (Lipinski definition) is 2. The van der Waals surface area contributed by atoms with Crippen LogP contribution in [0.15, 0.2) is 35.2 Å². The molecule has 0 bridgehead atoms. The van der Waals surface area contributed by atoms with Gasteiger partial charge < -0.3 is 0 Å². The van der Waals surface area contributed by atoms with Crippen LogP contribution in [-0.4, -0.2) is 20.1 Å².